The Bertz CT molecular complexity index is 753. The lowest BCUT2D eigenvalue weighted by molar-refractivity contribution is -0.166. The molecule has 1 heterocycles. The van der Waals surface area contributed by atoms with Crippen LogP contribution < -0.4 is 0 Å². The summed E-state index contributed by atoms with van der Waals surface area (Å²) in [5.74, 6) is -0.816. The van der Waals surface area contributed by atoms with E-state index in [2.05, 4.69) is 0 Å². The maximum absolute atomic E-state index is 12.8. The Morgan fingerprint density at radius 2 is 1.97 bits per heavy atom. The molecule has 3 N–H and O–H groups in total. The van der Waals surface area contributed by atoms with Crippen molar-refractivity contribution in [3.8, 4) is 0 Å². The molecule has 0 aromatic heterocycles. The highest BCUT2D eigenvalue weighted by molar-refractivity contribution is 5.76. The van der Waals surface area contributed by atoms with Crippen molar-refractivity contribution in [2.24, 2.45) is 23.2 Å². The maximum atomic E-state index is 12.8. The molecule has 1 saturated heterocycles. The average molecular weight is 437 g/mol. The molecule has 31 heavy (non-hydrogen) atoms. The summed E-state index contributed by atoms with van der Waals surface area (Å²) in [6.45, 7) is 7.57. The molecule has 0 amide bonds. The van der Waals surface area contributed by atoms with E-state index in [1.807, 2.05) is 27.7 Å². The van der Waals surface area contributed by atoms with Gasteiger partial charge in [-0.3, -0.25) is 9.59 Å². The number of aliphatic hydroxyl groups is 3. The van der Waals surface area contributed by atoms with E-state index in [4.69, 9.17) is 9.47 Å². The lowest BCUT2D eigenvalue weighted by Crippen LogP contribution is -2.45. The Labute approximate surface area is 184 Å². The van der Waals surface area contributed by atoms with Gasteiger partial charge in [0.15, 0.2) is 0 Å². The van der Waals surface area contributed by atoms with Crippen LogP contribution in [0.25, 0.3) is 0 Å². The Hall–Kier alpha value is -1.86. The number of hydrogen-bond donors (Lipinski definition) is 3. The third kappa shape index (κ3) is 5.32. The molecule has 0 bridgehead atoms. The van der Waals surface area contributed by atoms with Crippen molar-refractivity contribution in [1.29, 1.82) is 0 Å². The van der Waals surface area contributed by atoms with Gasteiger partial charge in [-0.25, -0.2) is 0 Å². The molecule has 7 heteroatoms. The summed E-state index contributed by atoms with van der Waals surface area (Å²) in [6, 6.07) is 0. The van der Waals surface area contributed by atoms with Crippen LogP contribution in [0, 0.1) is 23.2 Å². The first-order chi connectivity index (χ1) is 14.5. The molecule has 0 unspecified atom stereocenters. The lowest BCUT2D eigenvalue weighted by atomic mass is 9.65. The van der Waals surface area contributed by atoms with E-state index in [0.717, 1.165) is 5.57 Å². The number of rotatable bonds is 6. The standard InChI is InChI=1S/C24H36O7/c1-5-24(3,4)23(29)31-20-11-15(25)8-14-9-19(27)13(2)18(22(14)20)7-6-17-10-16(26)12-21(28)30-17/h8-9,13,15-18,20,22,25-27H,5-7,10-12H2,1-4H3/t13-,15+,16-,17-,18+,20+,22+/m1/s1. The first-order valence-electron chi connectivity index (χ1n) is 11.4. The number of cyclic esters (lactones) is 1. The van der Waals surface area contributed by atoms with Gasteiger partial charge in [0, 0.05) is 24.7 Å². The Kier molecular flexibility index (Phi) is 7.16. The van der Waals surface area contributed by atoms with E-state index in [-0.39, 0.29) is 42.0 Å². The molecular formula is C24H36O7. The second kappa shape index (κ2) is 9.33. The van der Waals surface area contributed by atoms with Gasteiger partial charge in [0.2, 0.25) is 0 Å². The topological polar surface area (TPSA) is 113 Å². The lowest BCUT2D eigenvalue weighted by Gasteiger charge is -2.44. The predicted molar refractivity (Wildman–Crippen MR) is 114 cm³/mol. The monoisotopic (exact) mass is 436 g/mol. The predicted octanol–water partition coefficient (Wildman–Crippen LogP) is 3.20. The number of fused-ring (bicyclic) bond motifs is 1. The zero-order chi connectivity index (χ0) is 22.9. The molecule has 3 rings (SSSR count). The molecule has 7 atom stereocenters. The normalized spacial score (nSPS) is 36.1. The van der Waals surface area contributed by atoms with Crippen LogP contribution in [0.2, 0.25) is 0 Å². The third-order valence-electron chi connectivity index (χ3n) is 7.28. The summed E-state index contributed by atoms with van der Waals surface area (Å²) in [4.78, 5) is 24.5. The van der Waals surface area contributed by atoms with E-state index in [1.165, 1.54) is 0 Å². The quantitative estimate of drug-likeness (QED) is 0.548. The van der Waals surface area contributed by atoms with Crippen molar-refractivity contribution < 1.29 is 34.4 Å². The van der Waals surface area contributed by atoms with Crippen LogP contribution in [0.4, 0.5) is 0 Å². The van der Waals surface area contributed by atoms with Crippen molar-refractivity contribution in [2.75, 3.05) is 0 Å². The minimum absolute atomic E-state index is 0.0263. The number of allylic oxidation sites excluding steroid dienone is 2. The number of esters is 2. The zero-order valence-electron chi connectivity index (χ0n) is 18.9. The molecule has 0 aromatic carbocycles. The van der Waals surface area contributed by atoms with Crippen LogP contribution in [0.1, 0.15) is 66.2 Å². The fourth-order valence-electron chi connectivity index (χ4n) is 4.91. The van der Waals surface area contributed by atoms with Crippen molar-refractivity contribution in [3.05, 3.63) is 23.5 Å². The van der Waals surface area contributed by atoms with Gasteiger partial charge in [-0.05, 0) is 50.7 Å². The zero-order valence-corrected chi connectivity index (χ0v) is 18.9. The van der Waals surface area contributed by atoms with Gasteiger partial charge in [-0.2, -0.15) is 0 Å². The van der Waals surface area contributed by atoms with Crippen LogP contribution in [-0.4, -0.2) is 51.7 Å². The molecule has 2 aliphatic carbocycles. The summed E-state index contributed by atoms with van der Waals surface area (Å²) in [6.07, 6.45) is 3.70. The molecule has 1 fully saturated rings. The molecule has 3 aliphatic rings. The molecule has 0 saturated carbocycles. The van der Waals surface area contributed by atoms with Crippen LogP contribution in [0.5, 0.6) is 0 Å². The number of carbonyl (C=O) groups is 2. The van der Waals surface area contributed by atoms with Gasteiger partial charge in [0.25, 0.3) is 0 Å². The average Bonchev–Trinajstić information content (AvgIpc) is 2.67. The first kappa shape index (κ1) is 23.8. The summed E-state index contributed by atoms with van der Waals surface area (Å²) in [7, 11) is 0. The summed E-state index contributed by atoms with van der Waals surface area (Å²) < 4.78 is 11.3. The van der Waals surface area contributed by atoms with Crippen molar-refractivity contribution in [1.82, 2.24) is 0 Å². The number of hydrogen-bond acceptors (Lipinski definition) is 7. The molecule has 174 valence electrons. The molecule has 7 nitrogen and oxygen atoms in total. The highest BCUT2D eigenvalue weighted by Gasteiger charge is 2.45. The number of carbonyl (C=O) groups excluding carboxylic acids is 2. The minimum atomic E-state index is -0.749. The Morgan fingerprint density at radius 3 is 2.61 bits per heavy atom. The fourth-order valence-corrected chi connectivity index (χ4v) is 4.91. The van der Waals surface area contributed by atoms with Crippen LogP contribution in [-0.2, 0) is 19.1 Å². The van der Waals surface area contributed by atoms with E-state index in [0.29, 0.717) is 32.1 Å². The second-order valence-electron chi connectivity index (χ2n) is 9.98. The molecular weight excluding hydrogens is 400 g/mol. The van der Waals surface area contributed by atoms with Crippen molar-refractivity contribution >= 4 is 11.9 Å². The summed E-state index contributed by atoms with van der Waals surface area (Å²) in [5, 5.41) is 30.8. The smallest absolute Gasteiger partial charge is 0.311 e. The Balaban J connectivity index is 1.81. The van der Waals surface area contributed by atoms with Crippen LogP contribution >= 0.6 is 0 Å². The molecule has 0 spiro atoms. The minimum Gasteiger partial charge on any atom is -0.512 e. The number of ether oxygens (including phenoxy) is 2. The van der Waals surface area contributed by atoms with Gasteiger partial charge < -0.3 is 24.8 Å². The van der Waals surface area contributed by atoms with Gasteiger partial charge in [-0.15, -0.1) is 0 Å². The van der Waals surface area contributed by atoms with Gasteiger partial charge in [0.05, 0.1) is 29.8 Å². The third-order valence-corrected chi connectivity index (χ3v) is 7.28. The van der Waals surface area contributed by atoms with Crippen molar-refractivity contribution in [2.45, 2.75) is 90.6 Å². The Morgan fingerprint density at radius 1 is 1.26 bits per heavy atom. The highest BCUT2D eigenvalue weighted by atomic mass is 16.6. The molecule has 0 radical (unpaired) electrons. The van der Waals surface area contributed by atoms with E-state index in [1.54, 1.807) is 12.2 Å². The van der Waals surface area contributed by atoms with Gasteiger partial charge in [-0.1, -0.05) is 19.9 Å². The first-order valence-corrected chi connectivity index (χ1v) is 11.4. The van der Waals surface area contributed by atoms with Gasteiger partial charge in [0.1, 0.15) is 12.2 Å². The largest absolute Gasteiger partial charge is 0.512 e. The van der Waals surface area contributed by atoms with Crippen LogP contribution in [0.15, 0.2) is 23.5 Å². The SMILES string of the molecule is CCC(C)(C)C(=O)O[C@H]1C[C@@H](O)C=C2C=C(O)[C@H](C)[C@H](CC[C@@H]3C[C@@H](O)CC(=O)O3)[C@H]21. The van der Waals surface area contributed by atoms with Gasteiger partial charge >= 0.3 is 11.9 Å². The summed E-state index contributed by atoms with van der Waals surface area (Å²) in [5.41, 5.74) is 0.166. The van der Waals surface area contributed by atoms with E-state index in [9.17, 15) is 24.9 Å². The number of aliphatic hydroxyl groups excluding tert-OH is 3. The second-order valence-corrected chi connectivity index (χ2v) is 9.98. The van der Waals surface area contributed by atoms with E-state index < -0.39 is 29.7 Å². The highest BCUT2D eigenvalue weighted by Crippen LogP contribution is 2.46. The fraction of sp³-hybridized carbons (Fsp3) is 0.750. The molecule has 0 aromatic rings. The van der Waals surface area contributed by atoms with Crippen LogP contribution in [0.3, 0.4) is 0 Å². The summed E-state index contributed by atoms with van der Waals surface area (Å²) >= 11 is 0. The van der Waals surface area contributed by atoms with E-state index >= 15 is 0 Å². The molecule has 1 aliphatic heterocycles. The van der Waals surface area contributed by atoms with Crippen molar-refractivity contribution in [3.63, 3.8) is 0 Å². The maximum Gasteiger partial charge on any atom is 0.311 e.